The number of aryl methyl sites for hydroxylation is 2. The quantitative estimate of drug-likeness (QED) is 0.303. The van der Waals surface area contributed by atoms with Crippen LogP contribution < -0.4 is 16.0 Å². The van der Waals surface area contributed by atoms with Crippen molar-refractivity contribution in [1.82, 2.24) is 25.7 Å². The molecule has 0 saturated heterocycles. The molecule has 1 atom stereocenters. The summed E-state index contributed by atoms with van der Waals surface area (Å²) in [6.45, 7) is 9.45. The minimum atomic E-state index is -0.0469. The molecule has 7 nitrogen and oxygen atoms in total. The van der Waals surface area contributed by atoms with Crippen molar-refractivity contribution in [3.05, 3.63) is 52.3 Å². The number of nitrogens with one attached hydrogen (secondary N) is 3. The van der Waals surface area contributed by atoms with Crippen LogP contribution in [0.4, 0.5) is 0 Å². The average molecular weight is 512 g/mol. The molecule has 0 aliphatic heterocycles. The van der Waals surface area contributed by atoms with Crippen LogP contribution in [0.3, 0.4) is 0 Å². The average Bonchev–Trinajstić information content (AvgIpc) is 2.91. The summed E-state index contributed by atoms with van der Waals surface area (Å²) in [4.78, 5) is 16.1. The summed E-state index contributed by atoms with van der Waals surface area (Å²) in [5, 5.41) is 14.0. The Morgan fingerprint density at radius 2 is 1.86 bits per heavy atom. The predicted octanol–water partition coefficient (Wildman–Crippen LogP) is 2.70. The topological polar surface area (TPSA) is 83.3 Å². The minimum Gasteiger partial charge on any atom is -0.354 e. The van der Waals surface area contributed by atoms with Gasteiger partial charge in [0.1, 0.15) is 0 Å². The molecular formula is C21H33IN6O. The minimum absolute atomic E-state index is 0. The van der Waals surface area contributed by atoms with Gasteiger partial charge >= 0.3 is 0 Å². The molecule has 29 heavy (non-hydrogen) atoms. The zero-order valence-corrected chi connectivity index (χ0v) is 20.5. The Bertz CT molecular complexity index is 828. The third-order valence-electron chi connectivity index (χ3n) is 4.79. The van der Waals surface area contributed by atoms with E-state index < -0.39 is 0 Å². The number of hydrogen-bond acceptors (Lipinski definition) is 3. The molecule has 0 spiro atoms. The highest BCUT2D eigenvalue weighted by molar-refractivity contribution is 14.0. The zero-order chi connectivity index (χ0) is 20.7. The zero-order valence-electron chi connectivity index (χ0n) is 18.2. The number of aliphatic imine (C=N–C) groups is 1. The van der Waals surface area contributed by atoms with Gasteiger partial charge in [-0.2, -0.15) is 5.10 Å². The Balaban J connectivity index is 0.00000420. The molecule has 0 fully saturated rings. The van der Waals surface area contributed by atoms with E-state index in [0.29, 0.717) is 18.7 Å². The van der Waals surface area contributed by atoms with E-state index in [2.05, 4.69) is 39.9 Å². The fourth-order valence-corrected chi connectivity index (χ4v) is 3.12. The Kier molecular flexibility index (Phi) is 10.1. The van der Waals surface area contributed by atoms with Gasteiger partial charge in [0, 0.05) is 44.5 Å². The maximum atomic E-state index is 11.8. The van der Waals surface area contributed by atoms with E-state index in [4.69, 9.17) is 0 Å². The molecule has 1 unspecified atom stereocenters. The lowest BCUT2D eigenvalue weighted by Gasteiger charge is -2.18. The summed E-state index contributed by atoms with van der Waals surface area (Å²) in [6, 6.07) is 7.81. The van der Waals surface area contributed by atoms with Crippen molar-refractivity contribution in [2.24, 2.45) is 12.0 Å². The fourth-order valence-electron chi connectivity index (χ4n) is 3.12. The summed E-state index contributed by atoms with van der Waals surface area (Å²) in [5.74, 6) is 0.703. The van der Waals surface area contributed by atoms with Gasteiger partial charge in [0.25, 0.3) is 5.91 Å². The molecule has 8 heteroatoms. The molecule has 3 N–H and O–H groups in total. The van der Waals surface area contributed by atoms with E-state index in [9.17, 15) is 4.79 Å². The van der Waals surface area contributed by atoms with Crippen LogP contribution in [-0.2, 0) is 20.0 Å². The number of hydrogen-bond donors (Lipinski definition) is 3. The van der Waals surface area contributed by atoms with Gasteiger partial charge in [-0.1, -0.05) is 12.1 Å². The van der Waals surface area contributed by atoms with E-state index in [1.807, 2.05) is 49.8 Å². The van der Waals surface area contributed by atoms with Gasteiger partial charge in [0.05, 0.1) is 5.69 Å². The Hall–Kier alpha value is -2.10. The molecule has 0 saturated carbocycles. The molecule has 1 aromatic heterocycles. The van der Waals surface area contributed by atoms with E-state index in [1.165, 1.54) is 11.3 Å². The number of carbonyl (C=O) groups is 1. The van der Waals surface area contributed by atoms with E-state index >= 15 is 0 Å². The van der Waals surface area contributed by atoms with E-state index in [-0.39, 0.29) is 35.9 Å². The van der Waals surface area contributed by atoms with E-state index in [0.717, 1.165) is 23.6 Å². The number of amides is 1. The molecule has 2 rings (SSSR count). The highest BCUT2D eigenvalue weighted by Gasteiger charge is 2.14. The largest absolute Gasteiger partial charge is 0.354 e. The molecule has 0 aliphatic rings. The van der Waals surface area contributed by atoms with Crippen molar-refractivity contribution in [3.8, 4) is 0 Å². The van der Waals surface area contributed by atoms with Crippen molar-refractivity contribution in [2.45, 2.75) is 46.7 Å². The second kappa shape index (κ2) is 11.8. The van der Waals surface area contributed by atoms with Gasteiger partial charge in [-0.05, 0) is 57.4 Å². The van der Waals surface area contributed by atoms with Crippen molar-refractivity contribution in [3.63, 3.8) is 0 Å². The van der Waals surface area contributed by atoms with Gasteiger partial charge in [0.2, 0.25) is 0 Å². The van der Waals surface area contributed by atoms with Gasteiger partial charge < -0.3 is 16.0 Å². The lowest BCUT2D eigenvalue weighted by molar-refractivity contribution is 0.0956. The number of nitrogens with zero attached hydrogens (tertiary/aromatic N) is 3. The third-order valence-corrected chi connectivity index (χ3v) is 4.79. The van der Waals surface area contributed by atoms with Gasteiger partial charge in [0.15, 0.2) is 5.96 Å². The molecule has 0 bridgehead atoms. The summed E-state index contributed by atoms with van der Waals surface area (Å²) in [5.41, 5.74) is 5.30. The SMILES string of the molecule is CCNC(=O)c1ccc(CNC(=NC)NC(C)Cc2c(C)nn(C)c2C)cc1.I. The van der Waals surface area contributed by atoms with Crippen LogP contribution in [0.2, 0.25) is 0 Å². The smallest absolute Gasteiger partial charge is 0.251 e. The molecule has 2 aromatic rings. The van der Waals surface area contributed by atoms with Crippen molar-refractivity contribution in [1.29, 1.82) is 0 Å². The van der Waals surface area contributed by atoms with Gasteiger partial charge in [-0.25, -0.2) is 0 Å². The lowest BCUT2D eigenvalue weighted by Crippen LogP contribution is -2.42. The number of benzene rings is 1. The first-order valence-corrected chi connectivity index (χ1v) is 9.69. The van der Waals surface area contributed by atoms with Gasteiger partial charge in [-0.3, -0.25) is 14.5 Å². The van der Waals surface area contributed by atoms with Crippen LogP contribution in [0.5, 0.6) is 0 Å². The second-order valence-corrected chi connectivity index (χ2v) is 7.00. The molecule has 160 valence electrons. The van der Waals surface area contributed by atoms with Crippen LogP contribution in [0.15, 0.2) is 29.3 Å². The number of guanidine groups is 1. The number of aromatic nitrogens is 2. The van der Waals surface area contributed by atoms with Crippen LogP contribution in [0.1, 0.15) is 46.7 Å². The monoisotopic (exact) mass is 512 g/mol. The number of rotatable bonds is 7. The second-order valence-electron chi connectivity index (χ2n) is 7.00. The molecule has 1 amide bonds. The highest BCUT2D eigenvalue weighted by Crippen LogP contribution is 2.14. The molecule has 0 radical (unpaired) electrons. The van der Waals surface area contributed by atoms with Crippen molar-refractivity contribution >= 4 is 35.8 Å². The lowest BCUT2D eigenvalue weighted by atomic mass is 10.1. The third kappa shape index (κ3) is 7.02. The first kappa shape index (κ1) is 24.9. The molecule has 1 aromatic carbocycles. The standard InChI is InChI=1S/C21H32N6O.HI/c1-7-23-20(28)18-10-8-17(9-11-18)13-24-21(22-5)25-14(2)12-19-15(3)26-27(6)16(19)4;/h8-11,14H,7,12-13H2,1-6H3,(H,23,28)(H2,22,24,25);1H. The normalized spacial score (nSPS) is 12.1. The number of halogens is 1. The van der Waals surface area contributed by atoms with Crippen LogP contribution in [0.25, 0.3) is 0 Å². The van der Waals surface area contributed by atoms with Crippen molar-refractivity contribution < 1.29 is 4.79 Å². The molecular weight excluding hydrogens is 479 g/mol. The van der Waals surface area contributed by atoms with E-state index in [1.54, 1.807) is 7.05 Å². The summed E-state index contributed by atoms with van der Waals surface area (Å²) >= 11 is 0. The fraction of sp³-hybridized carbons (Fsp3) is 0.476. The van der Waals surface area contributed by atoms with Crippen LogP contribution in [0, 0.1) is 13.8 Å². The first-order chi connectivity index (χ1) is 13.3. The predicted molar refractivity (Wildman–Crippen MR) is 129 cm³/mol. The molecule has 0 aliphatic carbocycles. The van der Waals surface area contributed by atoms with Crippen LogP contribution in [-0.4, -0.2) is 41.3 Å². The van der Waals surface area contributed by atoms with Gasteiger partial charge in [-0.15, -0.1) is 24.0 Å². The summed E-state index contributed by atoms with van der Waals surface area (Å²) < 4.78 is 1.93. The highest BCUT2D eigenvalue weighted by atomic mass is 127. The Morgan fingerprint density at radius 3 is 2.38 bits per heavy atom. The maximum Gasteiger partial charge on any atom is 0.251 e. The first-order valence-electron chi connectivity index (χ1n) is 9.69. The maximum absolute atomic E-state index is 11.8. The molecule has 1 heterocycles. The van der Waals surface area contributed by atoms with Crippen molar-refractivity contribution in [2.75, 3.05) is 13.6 Å². The Labute approximate surface area is 190 Å². The number of carbonyl (C=O) groups excluding carboxylic acids is 1. The summed E-state index contributed by atoms with van der Waals surface area (Å²) in [7, 11) is 3.74. The Morgan fingerprint density at radius 1 is 1.21 bits per heavy atom. The summed E-state index contributed by atoms with van der Waals surface area (Å²) in [6.07, 6.45) is 0.882. The van der Waals surface area contributed by atoms with Crippen LogP contribution >= 0.6 is 24.0 Å².